The number of nitrogens with two attached hydrogens (primary N) is 1. The van der Waals surface area contributed by atoms with Crippen LogP contribution in [0.2, 0.25) is 0 Å². The maximum Gasteiger partial charge on any atom is 0.251 e. The first kappa shape index (κ1) is 9.92. The molecule has 0 amide bonds. The molecule has 0 saturated carbocycles. The number of anilines is 1. The van der Waals surface area contributed by atoms with Gasteiger partial charge in [-0.3, -0.25) is 4.79 Å². The molecule has 2 rings (SSSR count). The molecule has 4 nitrogen and oxygen atoms in total. The fourth-order valence-corrected chi connectivity index (χ4v) is 1.86. The Morgan fingerprint density at radius 1 is 1.60 bits per heavy atom. The molecule has 5 heteroatoms. The molecule has 15 heavy (non-hydrogen) atoms. The summed E-state index contributed by atoms with van der Waals surface area (Å²) in [5.41, 5.74) is 7.29. The summed E-state index contributed by atoms with van der Waals surface area (Å²) >= 11 is 1.38. The Kier molecular flexibility index (Phi) is 2.55. The third kappa shape index (κ3) is 2.24. The molecular formula is C10H11N3OS. The number of hydrogen-bond acceptors (Lipinski definition) is 4. The van der Waals surface area contributed by atoms with Gasteiger partial charge in [-0.2, -0.15) is 0 Å². The summed E-state index contributed by atoms with van der Waals surface area (Å²) in [4.78, 5) is 15.7. The summed E-state index contributed by atoms with van der Waals surface area (Å²) < 4.78 is 1.61. The fourth-order valence-electron chi connectivity index (χ4n) is 1.31. The Morgan fingerprint density at radius 2 is 2.40 bits per heavy atom. The Balaban J connectivity index is 2.28. The van der Waals surface area contributed by atoms with Gasteiger partial charge in [0.25, 0.3) is 5.56 Å². The lowest BCUT2D eigenvalue weighted by Crippen LogP contribution is -2.19. The van der Waals surface area contributed by atoms with Crippen LogP contribution in [0.15, 0.2) is 28.5 Å². The molecule has 78 valence electrons. The van der Waals surface area contributed by atoms with E-state index in [2.05, 4.69) is 4.98 Å². The predicted molar refractivity (Wildman–Crippen MR) is 61.1 cm³/mol. The van der Waals surface area contributed by atoms with Gasteiger partial charge in [0.05, 0.1) is 12.2 Å². The van der Waals surface area contributed by atoms with E-state index >= 15 is 0 Å². The average Bonchev–Trinajstić information content (AvgIpc) is 2.56. The predicted octanol–water partition coefficient (Wildman–Crippen LogP) is 1.24. The van der Waals surface area contributed by atoms with Gasteiger partial charge in [-0.05, 0) is 18.6 Å². The van der Waals surface area contributed by atoms with Crippen molar-refractivity contribution in [3.05, 3.63) is 45.3 Å². The van der Waals surface area contributed by atoms with Crippen LogP contribution < -0.4 is 11.3 Å². The number of thiazole rings is 1. The molecule has 2 aromatic heterocycles. The van der Waals surface area contributed by atoms with Crippen molar-refractivity contribution in [3.63, 3.8) is 0 Å². The van der Waals surface area contributed by atoms with Crippen molar-refractivity contribution in [3.8, 4) is 0 Å². The molecule has 2 aromatic rings. The molecule has 2 heterocycles. The zero-order valence-corrected chi connectivity index (χ0v) is 9.12. The van der Waals surface area contributed by atoms with E-state index < -0.39 is 0 Å². The Labute approximate surface area is 91.0 Å². The summed E-state index contributed by atoms with van der Waals surface area (Å²) in [5.74, 6) is 0. The van der Waals surface area contributed by atoms with Gasteiger partial charge in [0.2, 0.25) is 0 Å². The largest absolute Gasteiger partial charge is 0.375 e. The topological polar surface area (TPSA) is 60.9 Å². The van der Waals surface area contributed by atoms with Crippen LogP contribution in [-0.4, -0.2) is 9.55 Å². The highest BCUT2D eigenvalue weighted by Crippen LogP contribution is 2.11. The molecule has 0 atom stereocenters. The summed E-state index contributed by atoms with van der Waals surface area (Å²) in [6.45, 7) is 2.37. The zero-order valence-electron chi connectivity index (χ0n) is 8.30. The number of pyridine rings is 1. The molecule has 0 saturated heterocycles. The molecule has 0 aliphatic rings. The van der Waals surface area contributed by atoms with Crippen molar-refractivity contribution in [1.29, 1.82) is 0 Å². The maximum absolute atomic E-state index is 11.6. The minimum Gasteiger partial charge on any atom is -0.375 e. The van der Waals surface area contributed by atoms with Gasteiger partial charge in [-0.25, -0.2) is 4.98 Å². The van der Waals surface area contributed by atoms with Gasteiger partial charge in [0.15, 0.2) is 5.13 Å². The van der Waals surface area contributed by atoms with Gasteiger partial charge in [0.1, 0.15) is 0 Å². The van der Waals surface area contributed by atoms with Gasteiger partial charge in [-0.1, -0.05) is 0 Å². The Bertz CT molecular complexity index is 529. The van der Waals surface area contributed by atoms with Crippen LogP contribution in [0.1, 0.15) is 11.3 Å². The number of rotatable bonds is 2. The second-order valence-electron chi connectivity index (χ2n) is 3.35. The highest BCUT2D eigenvalue weighted by molar-refractivity contribution is 7.13. The molecule has 0 aromatic carbocycles. The summed E-state index contributed by atoms with van der Waals surface area (Å²) in [5, 5.41) is 2.40. The smallest absolute Gasteiger partial charge is 0.251 e. The first-order valence-corrected chi connectivity index (χ1v) is 5.40. The number of nitrogen functional groups attached to an aromatic ring is 1. The van der Waals surface area contributed by atoms with Crippen LogP contribution in [0.25, 0.3) is 0 Å². The normalized spacial score (nSPS) is 10.5. The number of aryl methyl sites for hydroxylation is 1. The van der Waals surface area contributed by atoms with Crippen LogP contribution in [-0.2, 0) is 6.54 Å². The van der Waals surface area contributed by atoms with E-state index in [0.29, 0.717) is 11.7 Å². The van der Waals surface area contributed by atoms with Crippen molar-refractivity contribution < 1.29 is 0 Å². The van der Waals surface area contributed by atoms with Crippen LogP contribution in [0.5, 0.6) is 0 Å². The van der Waals surface area contributed by atoms with Gasteiger partial charge < -0.3 is 10.3 Å². The van der Waals surface area contributed by atoms with E-state index in [9.17, 15) is 4.79 Å². The van der Waals surface area contributed by atoms with Crippen molar-refractivity contribution in [2.75, 3.05) is 5.73 Å². The van der Waals surface area contributed by atoms with Gasteiger partial charge in [0, 0.05) is 17.6 Å². The van der Waals surface area contributed by atoms with E-state index in [1.807, 2.05) is 18.4 Å². The molecule has 0 radical (unpaired) electrons. The third-order valence-corrected chi connectivity index (χ3v) is 2.78. The standard InChI is InChI=1S/C10H11N3OS/c1-7-2-3-13(9(14)4-7)5-8-6-15-10(11)12-8/h2-4,6H,5H2,1H3,(H2,11,12). The van der Waals surface area contributed by atoms with Crippen molar-refractivity contribution in [2.24, 2.45) is 0 Å². The Morgan fingerprint density at radius 3 is 3.00 bits per heavy atom. The molecule has 0 aliphatic carbocycles. The van der Waals surface area contributed by atoms with E-state index in [4.69, 9.17) is 5.73 Å². The van der Waals surface area contributed by atoms with Crippen LogP contribution in [0.4, 0.5) is 5.13 Å². The van der Waals surface area contributed by atoms with Gasteiger partial charge in [-0.15, -0.1) is 11.3 Å². The van der Waals surface area contributed by atoms with E-state index in [1.54, 1.807) is 16.8 Å². The van der Waals surface area contributed by atoms with E-state index in [0.717, 1.165) is 11.3 Å². The minimum atomic E-state index is -0.0124. The molecule has 0 aliphatic heterocycles. The van der Waals surface area contributed by atoms with E-state index in [-0.39, 0.29) is 5.56 Å². The molecule has 0 bridgehead atoms. The van der Waals surface area contributed by atoms with Crippen LogP contribution in [0.3, 0.4) is 0 Å². The lowest BCUT2D eigenvalue weighted by Gasteiger charge is -2.02. The number of aromatic nitrogens is 2. The Hall–Kier alpha value is -1.62. The lowest BCUT2D eigenvalue weighted by atomic mass is 10.3. The fraction of sp³-hybridized carbons (Fsp3) is 0.200. The summed E-state index contributed by atoms with van der Waals surface area (Å²) in [6.07, 6.45) is 1.77. The third-order valence-electron chi connectivity index (χ3n) is 2.05. The number of hydrogen-bond donors (Lipinski definition) is 1. The van der Waals surface area contributed by atoms with Gasteiger partial charge >= 0.3 is 0 Å². The highest BCUT2D eigenvalue weighted by Gasteiger charge is 2.01. The molecular weight excluding hydrogens is 210 g/mol. The zero-order chi connectivity index (χ0) is 10.8. The van der Waals surface area contributed by atoms with Crippen LogP contribution >= 0.6 is 11.3 Å². The SMILES string of the molecule is Cc1ccn(Cc2csc(N)n2)c(=O)c1. The summed E-state index contributed by atoms with van der Waals surface area (Å²) in [7, 11) is 0. The van der Waals surface area contributed by atoms with Crippen molar-refractivity contribution in [2.45, 2.75) is 13.5 Å². The maximum atomic E-state index is 11.6. The van der Waals surface area contributed by atoms with E-state index in [1.165, 1.54) is 11.3 Å². The van der Waals surface area contributed by atoms with Crippen molar-refractivity contribution >= 4 is 16.5 Å². The molecule has 2 N–H and O–H groups in total. The monoisotopic (exact) mass is 221 g/mol. The van der Waals surface area contributed by atoms with Crippen molar-refractivity contribution in [1.82, 2.24) is 9.55 Å². The highest BCUT2D eigenvalue weighted by atomic mass is 32.1. The second-order valence-corrected chi connectivity index (χ2v) is 4.24. The number of nitrogens with zero attached hydrogens (tertiary/aromatic N) is 2. The first-order chi connectivity index (χ1) is 7.15. The lowest BCUT2D eigenvalue weighted by molar-refractivity contribution is 0.742. The molecule has 0 fully saturated rings. The average molecular weight is 221 g/mol. The second kappa shape index (κ2) is 3.86. The summed E-state index contributed by atoms with van der Waals surface area (Å²) in [6, 6.07) is 3.51. The quantitative estimate of drug-likeness (QED) is 0.830. The molecule has 0 unspecified atom stereocenters. The minimum absolute atomic E-state index is 0.0124. The molecule has 0 spiro atoms. The van der Waals surface area contributed by atoms with Crippen LogP contribution in [0, 0.1) is 6.92 Å². The first-order valence-electron chi connectivity index (χ1n) is 4.52.